The molecule has 2 heterocycles. The van der Waals surface area contributed by atoms with E-state index in [9.17, 15) is 9.18 Å². The first-order valence-corrected chi connectivity index (χ1v) is 9.68. The van der Waals surface area contributed by atoms with E-state index >= 15 is 0 Å². The fraction of sp³-hybridized carbons (Fsp3) is 0.364. The Morgan fingerprint density at radius 3 is 2.90 bits per heavy atom. The van der Waals surface area contributed by atoms with Gasteiger partial charge in [0.15, 0.2) is 5.75 Å². The molecule has 7 heteroatoms. The van der Waals surface area contributed by atoms with Crippen molar-refractivity contribution < 1.29 is 13.9 Å². The zero-order valence-electron chi connectivity index (χ0n) is 16.4. The first kappa shape index (κ1) is 19.2. The zero-order chi connectivity index (χ0) is 20.4. The van der Waals surface area contributed by atoms with Crippen molar-refractivity contribution in [2.75, 3.05) is 11.9 Å². The van der Waals surface area contributed by atoms with Gasteiger partial charge in [-0.1, -0.05) is 30.4 Å². The average Bonchev–Trinajstić information content (AvgIpc) is 3.44. The van der Waals surface area contributed by atoms with Crippen LogP contribution in [0.4, 0.5) is 10.2 Å². The molecule has 1 saturated carbocycles. The quantitative estimate of drug-likeness (QED) is 0.755. The van der Waals surface area contributed by atoms with Gasteiger partial charge >= 0.3 is 0 Å². The first-order chi connectivity index (χ1) is 14.0. The van der Waals surface area contributed by atoms with Crippen molar-refractivity contribution in [1.82, 2.24) is 15.0 Å². The number of pyridine rings is 1. The molecule has 0 aromatic carbocycles. The molecule has 2 aliphatic rings. The fourth-order valence-corrected chi connectivity index (χ4v) is 3.98. The van der Waals surface area contributed by atoms with Crippen LogP contribution in [0.5, 0.6) is 5.75 Å². The van der Waals surface area contributed by atoms with Crippen LogP contribution < -0.4 is 10.1 Å². The van der Waals surface area contributed by atoms with E-state index in [0.29, 0.717) is 24.6 Å². The van der Waals surface area contributed by atoms with Crippen molar-refractivity contribution in [3.05, 3.63) is 66.2 Å². The summed E-state index contributed by atoms with van der Waals surface area (Å²) in [7, 11) is 0. The molecule has 2 aromatic rings. The van der Waals surface area contributed by atoms with Gasteiger partial charge in [0.2, 0.25) is 11.9 Å². The van der Waals surface area contributed by atoms with E-state index in [-0.39, 0.29) is 29.0 Å². The van der Waals surface area contributed by atoms with E-state index in [1.165, 1.54) is 12.1 Å². The Bertz CT molecular complexity index is 991. The van der Waals surface area contributed by atoms with Gasteiger partial charge in [0, 0.05) is 11.3 Å². The fourth-order valence-electron chi connectivity index (χ4n) is 3.98. The SMILES string of the molecule is Cc1ncc(OC[C@@]2(C3C=CC=CC3)C[C@H]2C(=O)Nc2cccc(F)n2)c(C)n1. The number of carbonyl (C=O) groups excluding carboxylic acids is 1. The summed E-state index contributed by atoms with van der Waals surface area (Å²) in [6.07, 6.45) is 11.5. The third-order valence-electron chi connectivity index (χ3n) is 5.67. The van der Waals surface area contributed by atoms with Crippen molar-refractivity contribution in [1.29, 1.82) is 0 Å². The molecule has 0 radical (unpaired) electrons. The second kappa shape index (κ2) is 7.73. The monoisotopic (exact) mass is 394 g/mol. The van der Waals surface area contributed by atoms with Crippen molar-refractivity contribution in [3.8, 4) is 5.75 Å². The molecule has 4 rings (SSSR count). The van der Waals surface area contributed by atoms with E-state index in [2.05, 4.69) is 32.4 Å². The molecule has 150 valence electrons. The van der Waals surface area contributed by atoms with Crippen LogP contribution in [0.2, 0.25) is 0 Å². The van der Waals surface area contributed by atoms with E-state index in [1.807, 2.05) is 26.0 Å². The van der Waals surface area contributed by atoms with Crippen molar-refractivity contribution in [2.45, 2.75) is 26.7 Å². The molecule has 1 fully saturated rings. The Hall–Kier alpha value is -3.09. The summed E-state index contributed by atoms with van der Waals surface area (Å²) in [5.74, 6) is 0.712. The van der Waals surface area contributed by atoms with E-state index in [1.54, 1.807) is 12.3 Å². The zero-order valence-corrected chi connectivity index (χ0v) is 16.4. The van der Waals surface area contributed by atoms with E-state index in [4.69, 9.17) is 4.74 Å². The Balaban J connectivity index is 1.51. The molecule has 0 spiro atoms. The number of hydrogen-bond acceptors (Lipinski definition) is 5. The van der Waals surface area contributed by atoms with Crippen molar-refractivity contribution >= 4 is 11.7 Å². The molecule has 2 aromatic heterocycles. The number of halogens is 1. The number of nitrogens with zero attached hydrogens (tertiary/aromatic N) is 3. The molecule has 0 saturated heterocycles. The third-order valence-corrected chi connectivity index (χ3v) is 5.67. The summed E-state index contributed by atoms with van der Waals surface area (Å²) in [5.41, 5.74) is 0.452. The minimum atomic E-state index is -0.622. The molecular weight excluding hydrogens is 371 g/mol. The van der Waals surface area contributed by atoms with Gasteiger partial charge in [0.1, 0.15) is 11.6 Å². The predicted molar refractivity (Wildman–Crippen MR) is 107 cm³/mol. The predicted octanol–water partition coefficient (Wildman–Crippen LogP) is 3.78. The molecule has 1 N–H and O–H groups in total. The lowest BCUT2D eigenvalue weighted by molar-refractivity contribution is -0.118. The summed E-state index contributed by atoms with van der Waals surface area (Å²) >= 11 is 0. The Labute approximate surface area is 168 Å². The number of nitrogens with one attached hydrogen (secondary N) is 1. The van der Waals surface area contributed by atoms with Crippen LogP contribution in [-0.2, 0) is 4.79 Å². The summed E-state index contributed by atoms with van der Waals surface area (Å²) in [5, 5.41) is 2.74. The highest BCUT2D eigenvalue weighted by Crippen LogP contribution is 2.60. The van der Waals surface area contributed by atoms with Crippen LogP contribution in [0.15, 0.2) is 48.7 Å². The maximum atomic E-state index is 13.3. The molecule has 0 aliphatic heterocycles. The lowest BCUT2D eigenvalue weighted by Gasteiger charge is -2.26. The molecule has 1 unspecified atom stereocenters. The van der Waals surface area contributed by atoms with Gasteiger partial charge in [-0.25, -0.2) is 15.0 Å². The van der Waals surface area contributed by atoms with Crippen LogP contribution in [0.1, 0.15) is 24.4 Å². The van der Waals surface area contributed by atoms with Crippen LogP contribution in [-0.4, -0.2) is 27.5 Å². The number of amides is 1. The van der Waals surface area contributed by atoms with Gasteiger partial charge in [-0.3, -0.25) is 4.79 Å². The first-order valence-electron chi connectivity index (χ1n) is 9.68. The average molecular weight is 394 g/mol. The van der Waals surface area contributed by atoms with E-state index in [0.717, 1.165) is 12.1 Å². The number of hydrogen-bond donors (Lipinski definition) is 1. The van der Waals surface area contributed by atoms with Crippen molar-refractivity contribution in [2.24, 2.45) is 17.3 Å². The third kappa shape index (κ3) is 4.04. The van der Waals surface area contributed by atoms with Crippen LogP contribution >= 0.6 is 0 Å². The molecule has 6 nitrogen and oxygen atoms in total. The van der Waals surface area contributed by atoms with Crippen LogP contribution in [0.3, 0.4) is 0 Å². The number of anilines is 1. The summed E-state index contributed by atoms with van der Waals surface area (Å²) in [6.45, 7) is 4.10. The van der Waals surface area contributed by atoms with Gasteiger partial charge in [-0.05, 0) is 44.7 Å². The van der Waals surface area contributed by atoms with Crippen LogP contribution in [0.25, 0.3) is 0 Å². The van der Waals surface area contributed by atoms with Gasteiger partial charge in [-0.2, -0.15) is 4.39 Å². The summed E-state index contributed by atoms with van der Waals surface area (Å²) < 4.78 is 19.4. The molecule has 3 atom stereocenters. The van der Waals surface area contributed by atoms with Gasteiger partial charge in [0.25, 0.3) is 0 Å². The second-order valence-corrected chi connectivity index (χ2v) is 7.64. The Morgan fingerprint density at radius 2 is 2.17 bits per heavy atom. The van der Waals surface area contributed by atoms with Gasteiger partial charge in [-0.15, -0.1) is 0 Å². The summed E-state index contributed by atoms with van der Waals surface area (Å²) in [6, 6.07) is 4.35. The van der Waals surface area contributed by atoms with E-state index < -0.39 is 5.95 Å². The lowest BCUT2D eigenvalue weighted by atomic mass is 9.82. The molecule has 0 bridgehead atoms. The molecule has 1 amide bonds. The van der Waals surface area contributed by atoms with Crippen molar-refractivity contribution in [3.63, 3.8) is 0 Å². The lowest BCUT2D eigenvalue weighted by Crippen LogP contribution is -2.29. The molecule has 2 aliphatic carbocycles. The number of carbonyl (C=O) groups is 1. The second-order valence-electron chi connectivity index (χ2n) is 7.64. The largest absolute Gasteiger partial charge is 0.489 e. The Morgan fingerprint density at radius 1 is 1.31 bits per heavy atom. The highest BCUT2D eigenvalue weighted by Gasteiger charge is 2.62. The minimum Gasteiger partial charge on any atom is -0.489 e. The van der Waals surface area contributed by atoms with Gasteiger partial charge in [0.05, 0.1) is 18.5 Å². The highest BCUT2D eigenvalue weighted by molar-refractivity contribution is 5.94. The molecular formula is C22H23FN4O2. The summed E-state index contributed by atoms with van der Waals surface area (Å²) in [4.78, 5) is 25.1. The number of aromatic nitrogens is 3. The highest BCUT2D eigenvalue weighted by atomic mass is 19.1. The topological polar surface area (TPSA) is 77.0 Å². The maximum Gasteiger partial charge on any atom is 0.229 e. The number of allylic oxidation sites excluding steroid dienone is 4. The smallest absolute Gasteiger partial charge is 0.229 e. The molecule has 29 heavy (non-hydrogen) atoms. The number of ether oxygens (including phenoxy) is 1. The van der Waals surface area contributed by atoms with Gasteiger partial charge < -0.3 is 10.1 Å². The number of aryl methyl sites for hydroxylation is 2. The number of rotatable bonds is 6. The maximum absolute atomic E-state index is 13.3. The minimum absolute atomic E-state index is 0.161. The standard InChI is InChI=1S/C22H23FN4O2/c1-14-18(12-24-15(2)25-14)29-13-22(16-7-4-3-5-8-16)11-17(22)21(28)27-20-10-6-9-19(23)26-20/h3-7,9-10,12,16-17H,8,11,13H2,1-2H3,(H,26,27,28)/t16?,17-,22+/m0/s1. The normalized spacial score (nSPS) is 24.9. The van der Waals surface area contributed by atoms with Crippen LogP contribution in [0, 0.1) is 37.0 Å². The Kier molecular flexibility index (Phi) is 5.13.